The molecule has 1 saturated carbocycles. The fourth-order valence-electron chi connectivity index (χ4n) is 2.05. The first kappa shape index (κ1) is 6.99. The van der Waals surface area contributed by atoms with Crippen molar-refractivity contribution in [2.24, 2.45) is 0 Å². The van der Waals surface area contributed by atoms with Crippen LogP contribution in [0.1, 0.15) is 32.6 Å². The van der Waals surface area contributed by atoms with Gasteiger partial charge in [-0.25, -0.2) is 0 Å². The van der Waals surface area contributed by atoms with Crippen LogP contribution < -0.4 is 5.32 Å². The third kappa shape index (κ3) is 1.19. The second kappa shape index (κ2) is 2.74. The summed E-state index contributed by atoms with van der Waals surface area (Å²) in [5.74, 6) is 0. The first-order chi connectivity index (χ1) is 4.86. The fraction of sp³-hybridized carbons (Fsp3) is 1.00. The van der Waals surface area contributed by atoms with Gasteiger partial charge < -0.3 is 5.32 Å². The molecule has 0 aromatic rings. The molecule has 0 amide bonds. The molecule has 1 heterocycles. The van der Waals surface area contributed by atoms with Gasteiger partial charge in [0.05, 0.1) is 5.37 Å². The Balaban J connectivity index is 1.97. The zero-order chi connectivity index (χ0) is 6.97. The summed E-state index contributed by atoms with van der Waals surface area (Å²) in [5, 5.41) is 5.28. The summed E-state index contributed by atoms with van der Waals surface area (Å²) in [7, 11) is 0. The zero-order valence-corrected chi connectivity index (χ0v) is 7.29. The van der Waals surface area contributed by atoms with E-state index in [1.54, 1.807) is 0 Å². The van der Waals surface area contributed by atoms with Crippen molar-refractivity contribution in [1.82, 2.24) is 5.32 Å². The predicted molar refractivity (Wildman–Crippen MR) is 46.2 cm³/mol. The molecule has 3 atom stereocenters. The highest BCUT2D eigenvalue weighted by atomic mass is 32.2. The van der Waals surface area contributed by atoms with Gasteiger partial charge in [-0.05, 0) is 19.8 Å². The molecule has 0 radical (unpaired) electrons. The molecule has 2 rings (SSSR count). The molecule has 2 heteroatoms. The van der Waals surface area contributed by atoms with Crippen molar-refractivity contribution in [2.45, 2.75) is 49.3 Å². The number of fused-ring (bicyclic) bond motifs is 1. The standard InChI is InChI=1S/C8H15NS/c1-6-9-7-4-2-3-5-8(7)10-6/h6-9H,2-5H2,1H3. The molecule has 1 saturated heterocycles. The number of thioether (sulfide) groups is 1. The highest BCUT2D eigenvalue weighted by molar-refractivity contribution is 8.00. The Bertz CT molecular complexity index is 112. The van der Waals surface area contributed by atoms with E-state index in [4.69, 9.17) is 0 Å². The Morgan fingerprint density at radius 1 is 1.30 bits per heavy atom. The average Bonchev–Trinajstić information content (AvgIpc) is 2.27. The minimum absolute atomic E-state index is 0.716. The van der Waals surface area contributed by atoms with E-state index < -0.39 is 0 Å². The van der Waals surface area contributed by atoms with Crippen LogP contribution in [0.15, 0.2) is 0 Å². The van der Waals surface area contributed by atoms with Crippen molar-refractivity contribution in [3.05, 3.63) is 0 Å². The van der Waals surface area contributed by atoms with Gasteiger partial charge in [-0.2, -0.15) is 0 Å². The van der Waals surface area contributed by atoms with Crippen molar-refractivity contribution in [3.63, 3.8) is 0 Å². The quantitative estimate of drug-likeness (QED) is 0.577. The van der Waals surface area contributed by atoms with Gasteiger partial charge in [0.2, 0.25) is 0 Å². The van der Waals surface area contributed by atoms with Crippen LogP contribution in [0.5, 0.6) is 0 Å². The summed E-state index contributed by atoms with van der Waals surface area (Å²) >= 11 is 2.14. The van der Waals surface area contributed by atoms with Crippen LogP contribution >= 0.6 is 11.8 Å². The normalized spacial score (nSPS) is 47.1. The molecule has 0 spiro atoms. The van der Waals surface area contributed by atoms with Crippen LogP contribution in [-0.2, 0) is 0 Å². The Kier molecular flexibility index (Phi) is 1.92. The second-order valence-electron chi connectivity index (χ2n) is 3.37. The van der Waals surface area contributed by atoms with E-state index in [-0.39, 0.29) is 0 Å². The lowest BCUT2D eigenvalue weighted by molar-refractivity contribution is 0.405. The highest BCUT2D eigenvalue weighted by Gasteiger charge is 2.33. The van der Waals surface area contributed by atoms with E-state index in [0.717, 1.165) is 11.3 Å². The van der Waals surface area contributed by atoms with Gasteiger partial charge in [0.1, 0.15) is 0 Å². The van der Waals surface area contributed by atoms with Crippen molar-refractivity contribution < 1.29 is 0 Å². The van der Waals surface area contributed by atoms with Crippen LogP contribution in [0.2, 0.25) is 0 Å². The maximum atomic E-state index is 3.62. The van der Waals surface area contributed by atoms with Crippen LogP contribution in [0, 0.1) is 0 Å². The minimum atomic E-state index is 0.716. The Labute approximate surface area is 67.0 Å². The monoisotopic (exact) mass is 157 g/mol. The third-order valence-electron chi connectivity index (χ3n) is 2.53. The molecule has 2 aliphatic rings. The molecule has 0 bridgehead atoms. The highest BCUT2D eigenvalue weighted by Crippen LogP contribution is 2.36. The van der Waals surface area contributed by atoms with Gasteiger partial charge in [-0.1, -0.05) is 12.8 Å². The van der Waals surface area contributed by atoms with Crippen LogP contribution in [0.3, 0.4) is 0 Å². The van der Waals surface area contributed by atoms with Crippen LogP contribution in [0.25, 0.3) is 0 Å². The van der Waals surface area contributed by atoms with E-state index in [1.807, 2.05) is 0 Å². The fourth-order valence-corrected chi connectivity index (χ4v) is 3.54. The molecule has 1 N–H and O–H groups in total. The van der Waals surface area contributed by atoms with Crippen LogP contribution in [0.4, 0.5) is 0 Å². The first-order valence-corrected chi connectivity index (χ1v) is 5.22. The first-order valence-electron chi connectivity index (χ1n) is 4.28. The van der Waals surface area contributed by atoms with E-state index in [1.165, 1.54) is 25.7 Å². The van der Waals surface area contributed by atoms with Gasteiger partial charge >= 0.3 is 0 Å². The molecule has 1 aliphatic carbocycles. The molecular weight excluding hydrogens is 142 g/mol. The van der Waals surface area contributed by atoms with E-state index in [0.29, 0.717) is 5.37 Å². The summed E-state index contributed by atoms with van der Waals surface area (Å²) in [4.78, 5) is 0. The Morgan fingerprint density at radius 3 is 2.90 bits per heavy atom. The second-order valence-corrected chi connectivity index (χ2v) is 4.96. The van der Waals surface area contributed by atoms with Crippen molar-refractivity contribution >= 4 is 11.8 Å². The van der Waals surface area contributed by atoms with E-state index in [9.17, 15) is 0 Å². The maximum absolute atomic E-state index is 3.62. The molecule has 1 nitrogen and oxygen atoms in total. The smallest absolute Gasteiger partial charge is 0.0509 e. The SMILES string of the molecule is CC1NC2CCCCC2S1. The lowest BCUT2D eigenvalue weighted by Crippen LogP contribution is -2.34. The third-order valence-corrected chi connectivity index (χ3v) is 3.99. The summed E-state index contributed by atoms with van der Waals surface area (Å²) in [6, 6.07) is 0.855. The van der Waals surface area contributed by atoms with Gasteiger partial charge in [0, 0.05) is 11.3 Å². The van der Waals surface area contributed by atoms with Crippen molar-refractivity contribution in [2.75, 3.05) is 0 Å². The topological polar surface area (TPSA) is 12.0 Å². The van der Waals surface area contributed by atoms with Gasteiger partial charge in [-0.15, -0.1) is 11.8 Å². The van der Waals surface area contributed by atoms with Gasteiger partial charge in [-0.3, -0.25) is 0 Å². The largest absolute Gasteiger partial charge is 0.302 e. The lowest BCUT2D eigenvalue weighted by atomic mass is 9.95. The number of nitrogens with one attached hydrogen (secondary N) is 1. The zero-order valence-electron chi connectivity index (χ0n) is 6.47. The molecule has 58 valence electrons. The molecule has 1 aliphatic heterocycles. The van der Waals surface area contributed by atoms with E-state index in [2.05, 4.69) is 24.0 Å². The lowest BCUT2D eigenvalue weighted by Gasteiger charge is -2.23. The van der Waals surface area contributed by atoms with E-state index >= 15 is 0 Å². The average molecular weight is 157 g/mol. The number of hydrogen-bond acceptors (Lipinski definition) is 2. The number of hydrogen-bond donors (Lipinski definition) is 1. The molecular formula is C8H15NS. The Morgan fingerprint density at radius 2 is 2.10 bits per heavy atom. The molecule has 3 unspecified atom stereocenters. The van der Waals surface area contributed by atoms with Crippen molar-refractivity contribution in [1.29, 1.82) is 0 Å². The van der Waals surface area contributed by atoms with Gasteiger partial charge in [0.15, 0.2) is 0 Å². The summed E-state index contributed by atoms with van der Waals surface area (Å²) < 4.78 is 0. The molecule has 0 aromatic heterocycles. The minimum Gasteiger partial charge on any atom is -0.302 e. The number of rotatable bonds is 0. The summed E-state index contributed by atoms with van der Waals surface area (Å²) in [5.41, 5.74) is 0. The Hall–Kier alpha value is 0.310. The van der Waals surface area contributed by atoms with Gasteiger partial charge in [0.25, 0.3) is 0 Å². The molecule has 2 fully saturated rings. The maximum Gasteiger partial charge on any atom is 0.0509 e. The molecule has 0 aromatic carbocycles. The summed E-state index contributed by atoms with van der Waals surface area (Å²) in [6.45, 7) is 2.28. The van der Waals surface area contributed by atoms with Crippen LogP contribution in [-0.4, -0.2) is 16.7 Å². The van der Waals surface area contributed by atoms with Crippen molar-refractivity contribution in [3.8, 4) is 0 Å². The summed E-state index contributed by atoms with van der Waals surface area (Å²) in [6.07, 6.45) is 5.78. The molecule has 10 heavy (non-hydrogen) atoms. The predicted octanol–water partition coefficient (Wildman–Crippen LogP) is 1.98.